The number of aliphatic imine (C=N–C) groups is 1. The summed E-state index contributed by atoms with van der Waals surface area (Å²) >= 11 is 0. The summed E-state index contributed by atoms with van der Waals surface area (Å²) in [5.41, 5.74) is 5.64. The van der Waals surface area contributed by atoms with Crippen LogP contribution in [0.3, 0.4) is 0 Å². The van der Waals surface area contributed by atoms with Crippen LogP contribution in [0.5, 0.6) is 0 Å². The van der Waals surface area contributed by atoms with Crippen molar-refractivity contribution in [3.63, 3.8) is 0 Å². The molecule has 0 unspecified atom stereocenters. The van der Waals surface area contributed by atoms with Gasteiger partial charge in [0.25, 0.3) is 0 Å². The molecule has 1 aliphatic rings. The number of aliphatic carboxylic acids is 1. The summed E-state index contributed by atoms with van der Waals surface area (Å²) in [6, 6.07) is -0.692. The average molecular weight is 332 g/mol. The number of carbonyl (C=O) groups is 1. The van der Waals surface area contributed by atoms with Gasteiger partial charge in [0.15, 0.2) is 0 Å². The van der Waals surface area contributed by atoms with Crippen molar-refractivity contribution in [1.29, 1.82) is 0 Å². The van der Waals surface area contributed by atoms with Crippen LogP contribution in [0.2, 0.25) is 0 Å². The molecule has 0 heterocycles. The monoisotopic (exact) mass is 331 g/mol. The average Bonchev–Trinajstić information content (AvgIpc) is 2.45. The van der Waals surface area contributed by atoms with Gasteiger partial charge in [-0.25, -0.2) is 4.79 Å². The predicted octanol–water partition coefficient (Wildman–Crippen LogP) is 5.73. The van der Waals surface area contributed by atoms with E-state index in [9.17, 15) is 4.79 Å². The van der Waals surface area contributed by atoms with Crippen LogP contribution in [0, 0.1) is 5.41 Å². The maximum atomic E-state index is 10.8. The first-order valence-corrected chi connectivity index (χ1v) is 8.93. The Hall–Kier alpha value is -1.64. The minimum absolute atomic E-state index is 0.342. The van der Waals surface area contributed by atoms with Gasteiger partial charge in [-0.3, -0.25) is 4.99 Å². The van der Waals surface area contributed by atoms with Crippen molar-refractivity contribution in [2.24, 2.45) is 10.4 Å². The SMILES string of the molecule is CC1=C(CC/C(C)=C/C=C/C(C)=N\[C@@H](C)C(=O)O)C(C)(C)CCC1. The van der Waals surface area contributed by atoms with E-state index in [0.29, 0.717) is 5.41 Å². The number of hydrogen-bond acceptors (Lipinski definition) is 2. The Kier molecular flexibility index (Phi) is 7.65. The van der Waals surface area contributed by atoms with Crippen molar-refractivity contribution >= 4 is 11.7 Å². The van der Waals surface area contributed by atoms with Crippen LogP contribution in [0.15, 0.2) is 39.9 Å². The Labute approximate surface area is 147 Å². The highest BCUT2D eigenvalue weighted by Gasteiger charge is 2.27. The molecule has 0 fully saturated rings. The summed E-state index contributed by atoms with van der Waals surface area (Å²) in [6.45, 7) is 12.6. The number of nitrogens with zero attached hydrogens (tertiary/aromatic N) is 1. The minimum atomic E-state index is -0.895. The van der Waals surface area contributed by atoms with E-state index in [2.05, 4.69) is 38.8 Å². The van der Waals surface area contributed by atoms with Gasteiger partial charge in [-0.05, 0) is 71.3 Å². The second-order valence-corrected chi connectivity index (χ2v) is 7.65. The van der Waals surface area contributed by atoms with E-state index in [1.54, 1.807) is 18.1 Å². The highest BCUT2D eigenvalue weighted by Crippen LogP contribution is 2.42. The lowest BCUT2D eigenvalue weighted by molar-refractivity contribution is -0.137. The zero-order chi connectivity index (χ0) is 18.3. The van der Waals surface area contributed by atoms with Crippen molar-refractivity contribution in [3.8, 4) is 0 Å². The van der Waals surface area contributed by atoms with E-state index >= 15 is 0 Å². The van der Waals surface area contributed by atoms with Crippen LogP contribution in [0.1, 0.15) is 73.6 Å². The Bertz CT molecular complexity index is 577. The quantitative estimate of drug-likeness (QED) is 0.368. The zero-order valence-electron chi connectivity index (χ0n) is 16.1. The normalized spacial score (nSPS) is 20.6. The van der Waals surface area contributed by atoms with E-state index in [-0.39, 0.29) is 0 Å². The van der Waals surface area contributed by atoms with Gasteiger partial charge in [0.05, 0.1) is 0 Å². The van der Waals surface area contributed by atoms with Crippen LogP contribution in [0.4, 0.5) is 0 Å². The van der Waals surface area contributed by atoms with Gasteiger partial charge < -0.3 is 5.11 Å². The Balaban J connectivity index is 2.62. The summed E-state index contributed by atoms with van der Waals surface area (Å²) in [4.78, 5) is 14.9. The third-order valence-electron chi connectivity index (χ3n) is 4.93. The number of carboxylic acid groups (broad SMARTS) is 1. The lowest BCUT2D eigenvalue weighted by Gasteiger charge is -2.34. The third kappa shape index (κ3) is 6.46. The Morgan fingerprint density at radius 1 is 1.38 bits per heavy atom. The van der Waals surface area contributed by atoms with Crippen LogP contribution >= 0.6 is 0 Å². The molecular formula is C21H33NO2. The predicted molar refractivity (Wildman–Crippen MR) is 103 cm³/mol. The molecule has 134 valence electrons. The van der Waals surface area contributed by atoms with Crippen LogP contribution in [-0.2, 0) is 4.79 Å². The van der Waals surface area contributed by atoms with Gasteiger partial charge in [-0.15, -0.1) is 0 Å². The molecule has 0 aromatic carbocycles. The molecule has 0 aromatic heterocycles. The minimum Gasteiger partial charge on any atom is -0.480 e. The molecule has 0 radical (unpaired) electrons. The van der Waals surface area contributed by atoms with Crippen molar-refractivity contribution < 1.29 is 9.90 Å². The van der Waals surface area contributed by atoms with E-state index in [1.165, 1.54) is 24.8 Å². The van der Waals surface area contributed by atoms with Gasteiger partial charge in [-0.1, -0.05) is 42.7 Å². The summed E-state index contributed by atoms with van der Waals surface area (Å²) in [7, 11) is 0. The molecule has 0 aliphatic heterocycles. The number of allylic oxidation sites excluding steroid dienone is 6. The maximum absolute atomic E-state index is 10.8. The van der Waals surface area contributed by atoms with Gasteiger partial charge in [-0.2, -0.15) is 0 Å². The molecule has 0 bridgehead atoms. The summed E-state index contributed by atoms with van der Waals surface area (Å²) in [6.07, 6.45) is 12.0. The van der Waals surface area contributed by atoms with E-state index in [4.69, 9.17) is 5.11 Å². The lowest BCUT2D eigenvalue weighted by Crippen LogP contribution is -2.20. The summed E-state index contributed by atoms with van der Waals surface area (Å²) < 4.78 is 0. The summed E-state index contributed by atoms with van der Waals surface area (Å²) in [5, 5.41) is 8.85. The molecule has 3 nitrogen and oxygen atoms in total. The van der Waals surface area contributed by atoms with Gasteiger partial charge in [0.1, 0.15) is 6.04 Å². The molecule has 0 aromatic rings. The lowest BCUT2D eigenvalue weighted by atomic mass is 9.71. The van der Waals surface area contributed by atoms with Gasteiger partial charge in [0, 0.05) is 5.71 Å². The van der Waals surface area contributed by atoms with Crippen molar-refractivity contribution in [3.05, 3.63) is 34.9 Å². The Morgan fingerprint density at radius 3 is 2.62 bits per heavy atom. The summed E-state index contributed by atoms with van der Waals surface area (Å²) in [5.74, 6) is -0.895. The van der Waals surface area contributed by atoms with E-state index < -0.39 is 12.0 Å². The van der Waals surface area contributed by atoms with Crippen molar-refractivity contribution in [1.82, 2.24) is 0 Å². The van der Waals surface area contributed by atoms with Crippen molar-refractivity contribution in [2.75, 3.05) is 0 Å². The fraction of sp³-hybridized carbons (Fsp3) is 0.619. The second kappa shape index (κ2) is 9.00. The molecule has 1 atom stereocenters. The van der Waals surface area contributed by atoms with Crippen LogP contribution in [-0.4, -0.2) is 22.8 Å². The zero-order valence-corrected chi connectivity index (χ0v) is 16.1. The third-order valence-corrected chi connectivity index (χ3v) is 4.93. The molecule has 0 spiro atoms. The largest absolute Gasteiger partial charge is 0.480 e. The fourth-order valence-electron chi connectivity index (χ4n) is 3.39. The molecular weight excluding hydrogens is 298 g/mol. The maximum Gasteiger partial charge on any atom is 0.328 e. The highest BCUT2D eigenvalue weighted by atomic mass is 16.4. The van der Waals surface area contributed by atoms with Gasteiger partial charge >= 0.3 is 5.97 Å². The molecule has 0 amide bonds. The van der Waals surface area contributed by atoms with Crippen LogP contribution < -0.4 is 0 Å². The topological polar surface area (TPSA) is 49.7 Å². The van der Waals surface area contributed by atoms with E-state index in [0.717, 1.165) is 18.6 Å². The first-order chi connectivity index (χ1) is 11.1. The number of hydrogen-bond donors (Lipinski definition) is 1. The van der Waals surface area contributed by atoms with Gasteiger partial charge in [0.2, 0.25) is 0 Å². The second-order valence-electron chi connectivity index (χ2n) is 7.65. The Morgan fingerprint density at radius 2 is 2.04 bits per heavy atom. The molecule has 24 heavy (non-hydrogen) atoms. The number of carboxylic acids is 1. The molecule has 0 saturated carbocycles. The smallest absolute Gasteiger partial charge is 0.328 e. The van der Waals surface area contributed by atoms with Crippen molar-refractivity contribution in [2.45, 2.75) is 79.7 Å². The number of rotatable bonds is 7. The van der Waals surface area contributed by atoms with E-state index in [1.807, 2.05) is 19.1 Å². The van der Waals surface area contributed by atoms with Crippen LogP contribution in [0.25, 0.3) is 0 Å². The highest BCUT2D eigenvalue weighted by molar-refractivity contribution is 5.94. The first kappa shape index (κ1) is 20.4. The molecule has 1 rings (SSSR count). The molecule has 3 heteroatoms. The molecule has 1 aliphatic carbocycles. The standard InChI is InChI=1S/C21H33NO2/c1-15(9-7-11-17(3)22-18(4)20(23)24)12-13-19-16(2)10-8-14-21(19,5)6/h7,9,11,18H,8,10,12-14H2,1-6H3,(H,23,24)/b11-7+,15-9+,22-17-/t18-/m0/s1. The molecule has 1 N–H and O–H groups in total. The first-order valence-electron chi connectivity index (χ1n) is 8.93. The molecule has 0 saturated heterocycles. The fourth-order valence-corrected chi connectivity index (χ4v) is 3.39.